The molecule has 8 heteroatoms. The highest BCUT2D eigenvalue weighted by molar-refractivity contribution is 7.90. The van der Waals surface area contributed by atoms with Crippen molar-refractivity contribution >= 4 is 21.7 Å². The third-order valence-electron chi connectivity index (χ3n) is 3.17. The fourth-order valence-electron chi connectivity index (χ4n) is 2.18. The second kappa shape index (κ2) is 4.83. The summed E-state index contributed by atoms with van der Waals surface area (Å²) >= 11 is 0. The number of nitrogen functional groups attached to an aromatic ring is 1. The molecular formula is C13H12N4O3S. The molecule has 2 aromatic rings. The summed E-state index contributed by atoms with van der Waals surface area (Å²) in [5, 5.41) is 0. The van der Waals surface area contributed by atoms with Crippen molar-refractivity contribution in [3.63, 3.8) is 0 Å². The van der Waals surface area contributed by atoms with Crippen molar-refractivity contribution in [2.45, 2.75) is 11.4 Å². The molecule has 1 aliphatic heterocycles. The molecule has 108 valence electrons. The molecule has 0 unspecified atom stereocenters. The number of nitrogens with two attached hydrogens (primary N) is 1. The molecule has 21 heavy (non-hydrogen) atoms. The molecule has 0 aliphatic carbocycles. The fourth-order valence-corrected chi connectivity index (χ4v) is 3.72. The van der Waals surface area contributed by atoms with Crippen molar-refractivity contribution in [3.8, 4) is 0 Å². The van der Waals surface area contributed by atoms with Gasteiger partial charge in [-0.3, -0.25) is 4.79 Å². The van der Waals surface area contributed by atoms with Crippen LogP contribution in [0.15, 0.2) is 47.4 Å². The molecule has 3 rings (SSSR count). The third-order valence-corrected chi connectivity index (χ3v) is 4.96. The number of hydrogen-bond donors (Lipinski definition) is 2. The number of nitrogens with one attached hydrogen (secondary N) is 1. The minimum atomic E-state index is -3.82. The van der Waals surface area contributed by atoms with E-state index in [0.29, 0.717) is 11.5 Å². The number of aromatic nitrogens is 1. The van der Waals surface area contributed by atoms with Gasteiger partial charge in [-0.2, -0.15) is 0 Å². The number of carbonyl (C=O) groups excluding carboxylic acids is 1. The number of sulfonamides is 1. The van der Waals surface area contributed by atoms with E-state index in [2.05, 4.69) is 10.4 Å². The second-order valence-electron chi connectivity index (χ2n) is 4.47. The van der Waals surface area contributed by atoms with Crippen LogP contribution in [0.3, 0.4) is 0 Å². The number of fused-ring (bicyclic) bond motifs is 1. The predicted octanol–water partition coefficient (Wildman–Crippen LogP) is 0.712. The maximum atomic E-state index is 12.4. The van der Waals surface area contributed by atoms with Crippen LogP contribution in [0.2, 0.25) is 0 Å². The third kappa shape index (κ3) is 2.14. The molecule has 7 nitrogen and oxygen atoms in total. The van der Waals surface area contributed by atoms with Gasteiger partial charge in [0.05, 0.1) is 17.8 Å². The first-order valence-corrected chi connectivity index (χ1v) is 7.56. The summed E-state index contributed by atoms with van der Waals surface area (Å²) in [5.41, 5.74) is 2.99. The van der Waals surface area contributed by atoms with Gasteiger partial charge in [-0.15, -0.1) is 0 Å². The Morgan fingerprint density at radius 1 is 1.14 bits per heavy atom. The lowest BCUT2D eigenvalue weighted by Crippen LogP contribution is -2.30. The topological polar surface area (TPSA) is 105 Å². The van der Waals surface area contributed by atoms with Gasteiger partial charge in [0, 0.05) is 0 Å². The van der Waals surface area contributed by atoms with E-state index >= 15 is 0 Å². The number of amides is 1. The van der Waals surface area contributed by atoms with Crippen molar-refractivity contribution in [1.82, 2.24) is 9.29 Å². The number of hydrazine groups is 1. The molecule has 0 radical (unpaired) electrons. The van der Waals surface area contributed by atoms with E-state index in [1.54, 1.807) is 30.3 Å². The van der Waals surface area contributed by atoms with Crippen molar-refractivity contribution in [1.29, 1.82) is 0 Å². The average molecular weight is 304 g/mol. The number of hydrogen-bond acceptors (Lipinski definition) is 6. The molecule has 0 bridgehead atoms. The van der Waals surface area contributed by atoms with Gasteiger partial charge in [0.2, 0.25) is 0 Å². The van der Waals surface area contributed by atoms with Crippen molar-refractivity contribution in [2.24, 2.45) is 5.84 Å². The highest BCUT2D eigenvalue weighted by atomic mass is 32.2. The minimum absolute atomic E-state index is 0.0307. The smallest absolute Gasteiger partial charge is 0.269 e. The number of anilines is 1. The van der Waals surface area contributed by atoms with E-state index < -0.39 is 15.9 Å². The van der Waals surface area contributed by atoms with E-state index in [-0.39, 0.29) is 17.0 Å². The van der Waals surface area contributed by atoms with Crippen LogP contribution >= 0.6 is 0 Å². The van der Waals surface area contributed by atoms with E-state index in [9.17, 15) is 13.2 Å². The zero-order valence-corrected chi connectivity index (χ0v) is 11.7. The summed E-state index contributed by atoms with van der Waals surface area (Å²) in [6.07, 6.45) is 0. The van der Waals surface area contributed by atoms with Gasteiger partial charge in [0.1, 0.15) is 10.7 Å². The number of carbonyl (C=O) groups is 1. The monoisotopic (exact) mass is 304 g/mol. The standard InChI is InChI=1S/C13H12N4O3S/c14-16-12-7-3-4-9(15-12)8-17-13(18)10-5-1-2-6-11(10)21(17,19)20/h1-7H,8,14H2,(H,15,16). The van der Waals surface area contributed by atoms with E-state index in [1.807, 2.05) is 0 Å². The van der Waals surface area contributed by atoms with Gasteiger partial charge >= 0.3 is 0 Å². The van der Waals surface area contributed by atoms with E-state index in [4.69, 9.17) is 5.84 Å². The molecule has 3 N–H and O–H groups in total. The van der Waals surface area contributed by atoms with Gasteiger partial charge in [-0.05, 0) is 24.3 Å². The number of nitrogens with zero attached hydrogens (tertiary/aromatic N) is 2. The zero-order chi connectivity index (χ0) is 15.0. The largest absolute Gasteiger partial charge is 0.308 e. The summed E-state index contributed by atoms with van der Waals surface area (Å²) < 4.78 is 25.6. The number of rotatable bonds is 3. The Bertz CT molecular complexity index is 820. The minimum Gasteiger partial charge on any atom is -0.308 e. The Balaban J connectivity index is 1.99. The average Bonchev–Trinajstić information content (AvgIpc) is 2.69. The number of benzene rings is 1. The van der Waals surface area contributed by atoms with Crippen LogP contribution in [0.5, 0.6) is 0 Å². The Hall–Kier alpha value is -2.45. The van der Waals surface area contributed by atoms with Crippen LogP contribution in [0.1, 0.15) is 16.1 Å². The van der Waals surface area contributed by atoms with Gasteiger partial charge in [-0.1, -0.05) is 18.2 Å². The highest BCUT2D eigenvalue weighted by Crippen LogP contribution is 2.30. The Labute approximate surface area is 121 Å². The predicted molar refractivity (Wildman–Crippen MR) is 75.5 cm³/mol. The van der Waals surface area contributed by atoms with Gasteiger partial charge in [-0.25, -0.2) is 23.5 Å². The van der Waals surface area contributed by atoms with Crippen LogP contribution < -0.4 is 11.3 Å². The lowest BCUT2D eigenvalue weighted by molar-refractivity contribution is 0.0864. The molecule has 0 spiro atoms. The van der Waals surface area contributed by atoms with Gasteiger partial charge in [0.25, 0.3) is 15.9 Å². The molecule has 0 fully saturated rings. The molecule has 1 aliphatic rings. The molecule has 2 heterocycles. The summed E-state index contributed by atoms with van der Waals surface area (Å²) in [5.74, 6) is 5.12. The second-order valence-corrected chi connectivity index (χ2v) is 6.30. The summed E-state index contributed by atoms with van der Waals surface area (Å²) in [6, 6.07) is 11.1. The molecule has 0 atom stereocenters. The van der Waals surface area contributed by atoms with Crippen LogP contribution in [-0.2, 0) is 16.6 Å². The van der Waals surface area contributed by atoms with Crippen LogP contribution in [0, 0.1) is 0 Å². The molecule has 0 saturated heterocycles. The van der Waals surface area contributed by atoms with Crippen LogP contribution in [-0.4, -0.2) is 23.6 Å². The first kappa shape index (κ1) is 13.5. The first-order chi connectivity index (χ1) is 10.0. The van der Waals surface area contributed by atoms with Crippen molar-refractivity contribution in [2.75, 3.05) is 5.43 Å². The van der Waals surface area contributed by atoms with Crippen molar-refractivity contribution < 1.29 is 13.2 Å². The lowest BCUT2D eigenvalue weighted by Gasteiger charge is -2.14. The Morgan fingerprint density at radius 2 is 1.90 bits per heavy atom. The Morgan fingerprint density at radius 3 is 2.62 bits per heavy atom. The SMILES string of the molecule is NNc1cccc(CN2C(=O)c3ccccc3S2(=O)=O)n1. The zero-order valence-electron chi connectivity index (χ0n) is 10.9. The maximum Gasteiger partial charge on any atom is 0.269 e. The summed E-state index contributed by atoms with van der Waals surface area (Å²) in [7, 11) is -3.82. The molecule has 1 amide bonds. The van der Waals surface area contributed by atoms with Crippen molar-refractivity contribution in [3.05, 3.63) is 53.7 Å². The van der Waals surface area contributed by atoms with E-state index in [0.717, 1.165) is 4.31 Å². The Kier molecular flexibility index (Phi) is 3.11. The van der Waals surface area contributed by atoms with Crippen LogP contribution in [0.4, 0.5) is 5.82 Å². The fraction of sp³-hybridized carbons (Fsp3) is 0.0769. The quantitative estimate of drug-likeness (QED) is 0.639. The molecule has 1 aromatic carbocycles. The highest BCUT2D eigenvalue weighted by Gasteiger charge is 2.40. The van der Waals surface area contributed by atoms with Gasteiger partial charge < -0.3 is 5.43 Å². The van der Waals surface area contributed by atoms with Gasteiger partial charge in [0.15, 0.2) is 0 Å². The lowest BCUT2D eigenvalue weighted by atomic mass is 10.2. The van der Waals surface area contributed by atoms with Crippen LogP contribution in [0.25, 0.3) is 0 Å². The summed E-state index contributed by atoms with van der Waals surface area (Å²) in [6.45, 7) is -0.134. The number of pyridine rings is 1. The summed E-state index contributed by atoms with van der Waals surface area (Å²) in [4.78, 5) is 16.4. The maximum absolute atomic E-state index is 12.4. The normalized spacial score (nSPS) is 15.9. The molecule has 0 saturated carbocycles. The van der Waals surface area contributed by atoms with E-state index in [1.165, 1.54) is 12.1 Å². The first-order valence-electron chi connectivity index (χ1n) is 6.12. The molecular weight excluding hydrogens is 292 g/mol. The molecule has 1 aromatic heterocycles.